The highest BCUT2D eigenvalue weighted by Crippen LogP contribution is 2.15. The summed E-state index contributed by atoms with van der Waals surface area (Å²) in [7, 11) is 0. The molecule has 0 amide bonds. The quantitative estimate of drug-likeness (QED) is 0.635. The van der Waals surface area contributed by atoms with Crippen LogP contribution in [0.4, 0.5) is 11.4 Å². The van der Waals surface area contributed by atoms with Crippen molar-refractivity contribution in [2.24, 2.45) is 9.98 Å². The first-order valence-corrected chi connectivity index (χ1v) is 8.23. The summed E-state index contributed by atoms with van der Waals surface area (Å²) in [6, 6.07) is 17.9. The molecule has 0 bridgehead atoms. The monoisotopic (exact) mass is 373 g/mol. The smallest absolute Gasteiger partial charge is 0.335 e. The molecule has 0 aliphatic rings. The van der Waals surface area contributed by atoms with Crippen molar-refractivity contribution in [3.05, 3.63) is 89.2 Å². The number of aromatic carboxylic acids is 2. The Morgan fingerprint density at radius 2 is 1.14 bits per heavy atom. The fourth-order valence-electron chi connectivity index (χ4n) is 2.33. The zero-order chi connectivity index (χ0) is 19.9. The largest absolute Gasteiger partial charge is 0.478 e. The molecule has 1 aromatic heterocycles. The van der Waals surface area contributed by atoms with Gasteiger partial charge in [0.05, 0.1) is 46.3 Å². The van der Waals surface area contributed by atoms with Crippen LogP contribution < -0.4 is 0 Å². The molecule has 0 atom stereocenters. The van der Waals surface area contributed by atoms with Crippen LogP contribution in [-0.2, 0) is 0 Å². The molecule has 0 unspecified atom stereocenters. The van der Waals surface area contributed by atoms with E-state index in [0.717, 1.165) is 0 Å². The second kappa shape index (κ2) is 8.50. The van der Waals surface area contributed by atoms with Crippen molar-refractivity contribution in [2.75, 3.05) is 0 Å². The first-order valence-electron chi connectivity index (χ1n) is 8.23. The Bertz CT molecular complexity index is 1010. The van der Waals surface area contributed by atoms with E-state index in [4.69, 9.17) is 10.2 Å². The number of carbonyl (C=O) groups is 2. The summed E-state index contributed by atoms with van der Waals surface area (Å²) in [6.45, 7) is 0. The van der Waals surface area contributed by atoms with Crippen LogP contribution in [0.1, 0.15) is 32.1 Å². The highest BCUT2D eigenvalue weighted by Gasteiger charge is 2.03. The number of aliphatic imine (C=N–C) groups is 2. The van der Waals surface area contributed by atoms with Gasteiger partial charge in [0.1, 0.15) is 0 Å². The highest BCUT2D eigenvalue weighted by molar-refractivity contribution is 5.90. The van der Waals surface area contributed by atoms with Gasteiger partial charge in [0.15, 0.2) is 0 Å². The standard InChI is InChI=1S/C21H15N3O4/c25-20(26)14-4-1-6-16(10-14)22-12-18-8-3-9-19(24-18)13-23-17-7-2-5-15(11-17)21(27)28/h1-13H,(H,25,26)(H,27,28). The number of pyridine rings is 1. The summed E-state index contributed by atoms with van der Waals surface area (Å²) in [4.78, 5) is 34.9. The topological polar surface area (TPSA) is 112 Å². The van der Waals surface area contributed by atoms with Crippen LogP contribution in [-0.4, -0.2) is 39.6 Å². The van der Waals surface area contributed by atoms with Gasteiger partial charge in [0.25, 0.3) is 0 Å². The molecule has 1 heterocycles. The van der Waals surface area contributed by atoms with Gasteiger partial charge in [0, 0.05) is 0 Å². The maximum absolute atomic E-state index is 11.0. The lowest BCUT2D eigenvalue weighted by atomic mass is 10.2. The van der Waals surface area contributed by atoms with E-state index < -0.39 is 11.9 Å². The SMILES string of the molecule is O=C(O)c1cccc(N=Cc2cccc(C=Nc3cccc(C(=O)O)c3)n2)c1. The summed E-state index contributed by atoms with van der Waals surface area (Å²) in [5, 5.41) is 18.0. The molecule has 0 spiro atoms. The number of carboxylic acid groups (broad SMARTS) is 2. The van der Waals surface area contributed by atoms with E-state index in [2.05, 4.69) is 15.0 Å². The zero-order valence-electron chi connectivity index (χ0n) is 14.6. The first-order chi connectivity index (χ1) is 13.5. The molecule has 138 valence electrons. The van der Waals surface area contributed by atoms with Crippen LogP contribution in [0, 0.1) is 0 Å². The van der Waals surface area contributed by atoms with E-state index in [-0.39, 0.29) is 11.1 Å². The Morgan fingerprint density at radius 1 is 0.714 bits per heavy atom. The van der Waals surface area contributed by atoms with E-state index in [9.17, 15) is 9.59 Å². The van der Waals surface area contributed by atoms with Gasteiger partial charge in [0.2, 0.25) is 0 Å². The van der Waals surface area contributed by atoms with Gasteiger partial charge in [-0.05, 0) is 48.5 Å². The van der Waals surface area contributed by atoms with E-state index in [1.807, 2.05) is 0 Å². The second-order valence-corrected chi connectivity index (χ2v) is 5.71. The molecule has 2 N–H and O–H groups in total. The molecule has 0 radical (unpaired) electrons. The summed E-state index contributed by atoms with van der Waals surface area (Å²) < 4.78 is 0. The third-order valence-corrected chi connectivity index (χ3v) is 3.67. The van der Waals surface area contributed by atoms with Crippen molar-refractivity contribution in [3.8, 4) is 0 Å². The predicted octanol–water partition coefficient (Wildman–Crippen LogP) is 3.98. The third kappa shape index (κ3) is 4.95. The molecular weight excluding hydrogens is 358 g/mol. The number of nitrogens with zero attached hydrogens (tertiary/aromatic N) is 3. The van der Waals surface area contributed by atoms with E-state index in [1.54, 1.807) is 42.5 Å². The zero-order valence-corrected chi connectivity index (χ0v) is 14.6. The number of hydrogen-bond acceptors (Lipinski definition) is 5. The van der Waals surface area contributed by atoms with Crippen LogP contribution in [0.15, 0.2) is 76.7 Å². The number of aromatic nitrogens is 1. The molecule has 0 aliphatic heterocycles. The average Bonchev–Trinajstić information content (AvgIpc) is 2.71. The average molecular weight is 373 g/mol. The molecular formula is C21H15N3O4. The minimum Gasteiger partial charge on any atom is -0.478 e. The van der Waals surface area contributed by atoms with E-state index in [1.165, 1.54) is 36.7 Å². The number of carboxylic acids is 2. The van der Waals surface area contributed by atoms with Gasteiger partial charge in [-0.2, -0.15) is 0 Å². The minimum atomic E-state index is -1.01. The lowest BCUT2D eigenvalue weighted by Gasteiger charge is -1.99. The van der Waals surface area contributed by atoms with Crippen molar-refractivity contribution in [3.63, 3.8) is 0 Å². The van der Waals surface area contributed by atoms with Gasteiger partial charge in [-0.15, -0.1) is 0 Å². The molecule has 0 fully saturated rings. The molecule has 3 aromatic rings. The summed E-state index contributed by atoms with van der Waals surface area (Å²) in [5.74, 6) is -2.03. The Balaban J connectivity index is 1.77. The molecule has 0 saturated heterocycles. The lowest BCUT2D eigenvalue weighted by molar-refractivity contribution is 0.0686. The predicted molar refractivity (Wildman–Crippen MR) is 106 cm³/mol. The van der Waals surface area contributed by atoms with Crippen LogP contribution in [0.3, 0.4) is 0 Å². The maximum Gasteiger partial charge on any atom is 0.335 e. The van der Waals surface area contributed by atoms with Gasteiger partial charge < -0.3 is 10.2 Å². The van der Waals surface area contributed by atoms with Crippen molar-refractivity contribution in [1.82, 2.24) is 4.98 Å². The Labute approximate surface area is 160 Å². The fraction of sp³-hybridized carbons (Fsp3) is 0. The number of benzene rings is 2. The van der Waals surface area contributed by atoms with E-state index in [0.29, 0.717) is 22.8 Å². The molecule has 0 saturated carbocycles. The second-order valence-electron chi connectivity index (χ2n) is 5.71. The lowest BCUT2D eigenvalue weighted by Crippen LogP contribution is -1.95. The molecule has 2 aromatic carbocycles. The normalized spacial score (nSPS) is 11.1. The van der Waals surface area contributed by atoms with Crippen LogP contribution >= 0.6 is 0 Å². The molecule has 0 aliphatic carbocycles. The van der Waals surface area contributed by atoms with Crippen LogP contribution in [0.5, 0.6) is 0 Å². The Kier molecular flexibility index (Phi) is 5.66. The molecule has 28 heavy (non-hydrogen) atoms. The Hall–Kier alpha value is -4.13. The summed E-state index contributed by atoms with van der Waals surface area (Å²) >= 11 is 0. The first kappa shape index (κ1) is 18.7. The highest BCUT2D eigenvalue weighted by atomic mass is 16.4. The number of hydrogen-bond donors (Lipinski definition) is 2. The van der Waals surface area contributed by atoms with Crippen LogP contribution in [0.25, 0.3) is 0 Å². The third-order valence-electron chi connectivity index (χ3n) is 3.67. The van der Waals surface area contributed by atoms with Gasteiger partial charge in [-0.25, -0.2) is 14.6 Å². The molecule has 7 heteroatoms. The maximum atomic E-state index is 11.0. The van der Waals surface area contributed by atoms with Gasteiger partial charge >= 0.3 is 11.9 Å². The minimum absolute atomic E-state index is 0.159. The van der Waals surface area contributed by atoms with Gasteiger partial charge in [-0.1, -0.05) is 18.2 Å². The van der Waals surface area contributed by atoms with Crippen molar-refractivity contribution < 1.29 is 19.8 Å². The molecule has 7 nitrogen and oxygen atoms in total. The number of rotatable bonds is 6. The molecule has 3 rings (SSSR count). The van der Waals surface area contributed by atoms with Crippen molar-refractivity contribution in [1.29, 1.82) is 0 Å². The van der Waals surface area contributed by atoms with E-state index >= 15 is 0 Å². The van der Waals surface area contributed by atoms with Gasteiger partial charge in [-0.3, -0.25) is 9.98 Å². The fourth-order valence-corrected chi connectivity index (χ4v) is 2.33. The van der Waals surface area contributed by atoms with Crippen molar-refractivity contribution in [2.45, 2.75) is 0 Å². The van der Waals surface area contributed by atoms with Crippen molar-refractivity contribution >= 4 is 35.7 Å². The summed E-state index contributed by atoms with van der Waals surface area (Å²) in [6.07, 6.45) is 3.06. The Morgan fingerprint density at radius 3 is 1.57 bits per heavy atom. The van der Waals surface area contributed by atoms with Crippen LogP contribution in [0.2, 0.25) is 0 Å². The summed E-state index contributed by atoms with van der Waals surface area (Å²) in [5.41, 5.74) is 2.48.